The van der Waals surface area contributed by atoms with Crippen molar-refractivity contribution in [3.63, 3.8) is 0 Å². The van der Waals surface area contributed by atoms with Crippen LogP contribution in [-0.4, -0.2) is 22.8 Å². The highest BCUT2D eigenvalue weighted by atomic mass is 17.2. The zero-order valence-electron chi connectivity index (χ0n) is 11.5. The third kappa shape index (κ3) is 6.74. The minimum Gasteiger partial charge on any atom is -0.377 e. The van der Waals surface area contributed by atoms with Crippen molar-refractivity contribution < 1.29 is 19.7 Å². The van der Waals surface area contributed by atoms with Crippen LogP contribution in [0.2, 0.25) is 0 Å². The van der Waals surface area contributed by atoms with Crippen molar-refractivity contribution in [3.05, 3.63) is 48.0 Å². The molecule has 0 aromatic heterocycles. The van der Waals surface area contributed by atoms with E-state index in [9.17, 15) is 9.90 Å². The Morgan fingerprint density at radius 1 is 1.32 bits per heavy atom. The topological polar surface area (TPSA) is 55.8 Å². The van der Waals surface area contributed by atoms with Crippen LogP contribution < -0.4 is 0 Å². The third-order valence-electron chi connectivity index (χ3n) is 2.13. The summed E-state index contributed by atoms with van der Waals surface area (Å²) in [4.78, 5) is 20.7. The summed E-state index contributed by atoms with van der Waals surface area (Å²) in [5, 5.41) is 9.55. The molecule has 4 nitrogen and oxygen atoms in total. The molecule has 0 saturated carbocycles. The van der Waals surface area contributed by atoms with Crippen molar-refractivity contribution >= 4 is 5.97 Å². The van der Waals surface area contributed by atoms with E-state index in [0.717, 1.165) is 5.56 Å². The van der Waals surface area contributed by atoms with E-state index in [1.807, 2.05) is 30.3 Å². The van der Waals surface area contributed by atoms with Gasteiger partial charge in [0.25, 0.3) is 0 Å². The fourth-order valence-corrected chi connectivity index (χ4v) is 1.24. The van der Waals surface area contributed by atoms with E-state index >= 15 is 0 Å². The molecule has 104 valence electrons. The van der Waals surface area contributed by atoms with E-state index in [-0.39, 0.29) is 0 Å². The van der Waals surface area contributed by atoms with Crippen LogP contribution in [-0.2, 0) is 21.0 Å². The summed E-state index contributed by atoms with van der Waals surface area (Å²) in [6.45, 7) is 5.24. The van der Waals surface area contributed by atoms with Crippen LogP contribution in [0.5, 0.6) is 0 Å². The van der Waals surface area contributed by atoms with Crippen LogP contribution in [0.25, 0.3) is 0 Å². The van der Waals surface area contributed by atoms with E-state index in [4.69, 9.17) is 4.89 Å². The highest BCUT2D eigenvalue weighted by molar-refractivity contribution is 5.75. The quantitative estimate of drug-likeness (QED) is 0.504. The lowest BCUT2D eigenvalue weighted by atomic mass is 10.1. The molecule has 0 unspecified atom stereocenters. The lowest BCUT2D eigenvalue weighted by Crippen LogP contribution is -2.27. The van der Waals surface area contributed by atoms with Gasteiger partial charge in [-0.15, -0.1) is 0 Å². The minimum atomic E-state index is -1.31. The number of rotatable bonds is 5. The molecule has 0 aliphatic carbocycles. The maximum atomic E-state index is 11.4. The number of allylic oxidation sites excluding steroid dienone is 1. The van der Waals surface area contributed by atoms with Crippen molar-refractivity contribution in [2.75, 3.05) is 0 Å². The standard InChI is InChI=1S/C15H20O4/c1-15(2,3)19-18-14(17)13(16)11-7-10-12-8-5-4-6-9-12/h4-9,11,13,16H,10H2,1-3H3/b11-7+/t13-/m0/s1. The number of hydrogen-bond acceptors (Lipinski definition) is 4. The van der Waals surface area contributed by atoms with Crippen molar-refractivity contribution in [3.8, 4) is 0 Å². The maximum absolute atomic E-state index is 11.4. The average Bonchev–Trinajstić information content (AvgIpc) is 2.36. The van der Waals surface area contributed by atoms with Gasteiger partial charge in [0.15, 0.2) is 6.10 Å². The molecule has 1 aromatic carbocycles. The van der Waals surface area contributed by atoms with Gasteiger partial charge in [-0.25, -0.2) is 4.79 Å². The van der Waals surface area contributed by atoms with Gasteiger partial charge in [0.05, 0.1) is 0 Å². The zero-order chi connectivity index (χ0) is 14.3. The number of carbonyl (C=O) groups excluding carboxylic acids is 1. The van der Waals surface area contributed by atoms with Crippen molar-refractivity contribution in [1.29, 1.82) is 0 Å². The second-order valence-electron chi connectivity index (χ2n) is 5.16. The van der Waals surface area contributed by atoms with E-state index in [0.29, 0.717) is 6.42 Å². The molecule has 1 aromatic rings. The van der Waals surface area contributed by atoms with Crippen LogP contribution in [0.1, 0.15) is 26.3 Å². The molecule has 0 heterocycles. The lowest BCUT2D eigenvalue weighted by Gasteiger charge is -2.17. The normalized spacial score (nSPS) is 13.5. The average molecular weight is 264 g/mol. The Balaban J connectivity index is 2.37. The van der Waals surface area contributed by atoms with Gasteiger partial charge in [-0.1, -0.05) is 36.4 Å². The Bertz CT molecular complexity index is 418. The van der Waals surface area contributed by atoms with E-state index < -0.39 is 17.7 Å². The monoisotopic (exact) mass is 264 g/mol. The molecule has 4 heteroatoms. The number of benzene rings is 1. The Morgan fingerprint density at radius 2 is 1.95 bits per heavy atom. The molecule has 1 N–H and O–H groups in total. The fourth-order valence-electron chi connectivity index (χ4n) is 1.24. The van der Waals surface area contributed by atoms with Crippen molar-refractivity contribution in [2.45, 2.75) is 38.9 Å². The molecule has 0 amide bonds. The van der Waals surface area contributed by atoms with Gasteiger partial charge < -0.3 is 5.11 Å². The molecule has 0 fully saturated rings. The molecule has 1 atom stereocenters. The molecule has 0 saturated heterocycles. The van der Waals surface area contributed by atoms with Crippen molar-refractivity contribution in [2.24, 2.45) is 0 Å². The van der Waals surface area contributed by atoms with E-state index in [2.05, 4.69) is 4.89 Å². The van der Waals surface area contributed by atoms with E-state index in [1.165, 1.54) is 6.08 Å². The molecular weight excluding hydrogens is 244 g/mol. The largest absolute Gasteiger partial charge is 0.377 e. The zero-order valence-corrected chi connectivity index (χ0v) is 11.5. The molecular formula is C15H20O4. The van der Waals surface area contributed by atoms with Crippen molar-refractivity contribution in [1.82, 2.24) is 0 Å². The number of aliphatic hydroxyl groups is 1. The lowest BCUT2D eigenvalue weighted by molar-refractivity contribution is -0.323. The highest BCUT2D eigenvalue weighted by Gasteiger charge is 2.19. The Labute approximate surface area is 113 Å². The third-order valence-corrected chi connectivity index (χ3v) is 2.13. The second kappa shape index (κ2) is 7.07. The second-order valence-corrected chi connectivity index (χ2v) is 5.16. The molecule has 0 bridgehead atoms. The summed E-state index contributed by atoms with van der Waals surface area (Å²) in [7, 11) is 0. The summed E-state index contributed by atoms with van der Waals surface area (Å²) >= 11 is 0. The highest BCUT2D eigenvalue weighted by Crippen LogP contribution is 2.08. The Hall–Kier alpha value is -1.65. The predicted octanol–water partition coefficient (Wildman–Crippen LogP) is 2.42. The fraction of sp³-hybridized carbons (Fsp3) is 0.400. The first-order valence-electron chi connectivity index (χ1n) is 6.17. The van der Waals surface area contributed by atoms with Crippen LogP contribution in [0, 0.1) is 0 Å². The van der Waals surface area contributed by atoms with Crippen LogP contribution in [0.3, 0.4) is 0 Å². The maximum Gasteiger partial charge on any atom is 0.374 e. The van der Waals surface area contributed by atoms with Gasteiger partial charge >= 0.3 is 5.97 Å². The van der Waals surface area contributed by atoms with Crippen LogP contribution in [0.4, 0.5) is 0 Å². The van der Waals surface area contributed by atoms with Gasteiger partial charge in [0.2, 0.25) is 0 Å². The summed E-state index contributed by atoms with van der Waals surface area (Å²) in [6, 6.07) is 9.74. The summed E-state index contributed by atoms with van der Waals surface area (Å²) in [5.41, 5.74) is 0.508. The number of aliphatic hydroxyl groups excluding tert-OH is 1. The smallest absolute Gasteiger partial charge is 0.374 e. The van der Waals surface area contributed by atoms with Gasteiger partial charge in [-0.3, -0.25) is 4.89 Å². The molecule has 0 aliphatic rings. The first-order chi connectivity index (χ1) is 8.88. The molecule has 1 rings (SSSR count). The Morgan fingerprint density at radius 3 is 2.53 bits per heavy atom. The molecule has 19 heavy (non-hydrogen) atoms. The Kier molecular flexibility index (Phi) is 5.73. The minimum absolute atomic E-state index is 0.594. The molecule has 0 radical (unpaired) electrons. The molecule has 0 spiro atoms. The van der Waals surface area contributed by atoms with Crippen LogP contribution >= 0.6 is 0 Å². The van der Waals surface area contributed by atoms with Gasteiger partial charge in [0, 0.05) is 0 Å². The van der Waals surface area contributed by atoms with E-state index in [1.54, 1.807) is 26.8 Å². The van der Waals surface area contributed by atoms with Gasteiger partial charge in [-0.2, -0.15) is 4.89 Å². The SMILES string of the molecule is CC(C)(C)OOC(=O)[C@@H](O)/C=C/Cc1ccccc1. The number of hydrogen-bond donors (Lipinski definition) is 1. The first-order valence-corrected chi connectivity index (χ1v) is 6.17. The number of carbonyl (C=O) groups is 1. The summed E-state index contributed by atoms with van der Waals surface area (Å²) < 4.78 is 0. The first kappa shape index (κ1) is 15.4. The summed E-state index contributed by atoms with van der Waals surface area (Å²) in [6.07, 6.45) is 2.44. The summed E-state index contributed by atoms with van der Waals surface area (Å²) in [5.74, 6) is -0.820. The van der Waals surface area contributed by atoms with Gasteiger partial charge in [-0.05, 0) is 38.8 Å². The van der Waals surface area contributed by atoms with Gasteiger partial charge in [0.1, 0.15) is 5.60 Å². The molecule has 0 aliphatic heterocycles. The van der Waals surface area contributed by atoms with Crippen LogP contribution in [0.15, 0.2) is 42.5 Å². The predicted molar refractivity (Wildman–Crippen MR) is 72.2 cm³/mol.